The topological polar surface area (TPSA) is 118 Å². The van der Waals surface area contributed by atoms with E-state index < -0.39 is 0 Å². The maximum Gasteiger partial charge on any atom is 0.248 e. The van der Waals surface area contributed by atoms with E-state index in [-0.39, 0.29) is 11.8 Å². The Kier molecular flexibility index (Phi) is 11.7. The molecule has 1 saturated heterocycles. The van der Waals surface area contributed by atoms with Gasteiger partial charge in [0.15, 0.2) is 0 Å². The Morgan fingerprint density at radius 3 is 2.74 bits per heavy atom. The van der Waals surface area contributed by atoms with Crippen molar-refractivity contribution in [3.05, 3.63) is 11.8 Å². The predicted molar refractivity (Wildman–Crippen MR) is 106 cm³/mol. The third-order valence-electron chi connectivity index (χ3n) is 4.24. The summed E-state index contributed by atoms with van der Waals surface area (Å²) in [6.45, 7) is 9.41. The van der Waals surface area contributed by atoms with Crippen LogP contribution in [-0.2, 0) is 9.59 Å². The quantitative estimate of drug-likeness (QED) is 0.118. The molecule has 0 aliphatic carbocycles. The van der Waals surface area contributed by atoms with Crippen molar-refractivity contribution < 1.29 is 14.8 Å². The standard InChI is InChI=1S/C18H32N6O3/c1-15(14-22-18(19-2)24-12-7-9-20-11-13-24)17(26)21-10-6-4-3-5-8-16(25)23-27/h14,20,27H,2-13H2,1H3,(H,21,26)(H,23,25). The highest BCUT2D eigenvalue weighted by molar-refractivity contribution is 5.93. The molecular weight excluding hydrogens is 348 g/mol. The molecule has 9 nitrogen and oxygen atoms in total. The number of rotatable bonds is 9. The monoisotopic (exact) mass is 380 g/mol. The number of carbonyl (C=O) groups is 2. The molecule has 0 bridgehead atoms. The number of unbranched alkanes of at least 4 members (excludes halogenated alkanes) is 3. The minimum atomic E-state index is -0.366. The Morgan fingerprint density at radius 1 is 1.22 bits per heavy atom. The number of aliphatic imine (C=N–C) groups is 2. The molecule has 1 heterocycles. The Morgan fingerprint density at radius 2 is 2.00 bits per heavy atom. The third-order valence-corrected chi connectivity index (χ3v) is 4.24. The Hall–Kier alpha value is -2.26. The van der Waals surface area contributed by atoms with Gasteiger partial charge in [-0.3, -0.25) is 14.8 Å². The van der Waals surface area contributed by atoms with Gasteiger partial charge in [-0.25, -0.2) is 15.5 Å². The molecular formula is C18H32N6O3. The Balaban J connectivity index is 2.32. The van der Waals surface area contributed by atoms with E-state index in [9.17, 15) is 9.59 Å². The Bertz CT molecular complexity index is 539. The lowest BCUT2D eigenvalue weighted by atomic mass is 10.1. The van der Waals surface area contributed by atoms with Gasteiger partial charge in [0.2, 0.25) is 17.8 Å². The fraction of sp³-hybridized carbons (Fsp3) is 0.667. The first kappa shape index (κ1) is 22.8. The fourth-order valence-corrected chi connectivity index (χ4v) is 2.64. The van der Waals surface area contributed by atoms with Crippen LogP contribution in [0.15, 0.2) is 21.8 Å². The van der Waals surface area contributed by atoms with Gasteiger partial charge in [0.25, 0.3) is 0 Å². The summed E-state index contributed by atoms with van der Waals surface area (Å²) in [5, 5.41) is 14.6. The second-order valence-corrected chi connectivity index (χ2v) is 6.45. The SMILES string of the molecule is C=NC(=NC=C(C)C(=O)NCCCCCCC(=O)NO)N1CCCNCC1. The van der Waals surface area contributed by atoms with Crippen LogP contribution in [0.4, 0.5) is 0 Å². The molecule has 27 heavy (non-hydrogen) atoms. The Labute approximate surface area is 161 Å². The van der Waals surface area contributed by atoms with Crippen molar-refractivity contribution in [2.45, 2.75) is 45.4 Å². The van der Waals surface area contributed by atoms with Crippen molar-refractivity contribution in [1.29, 1.82) is 0 Å². The molecule has 0 aromatic rings. The molecule has 1 rings (SSSR count). The summed E-state index contributed by atoms with van der Waals surface area (Å²) < 4.78 is 0. The average Bonchev–Trinajstić information content (AvgIpc) is 2.96. The van der Waals surface area contributed by atoms with Crippen LogP contribution >= 0.6 is 0 Å². The van der Waals surface area contributed by atoms with Crippen LogP contribution in [0.1, 0.15) is 45.4 Å². The molecule has 4 N–H and O–H groups in total. The molecule has 0 saturated carbocycles. The minimum absolute atomic E-state index is 0.153. The van der Waals surface area contributed by atoms with E-state index in [1.165, 1.54) is 6.20 Å². The number of amides is 2. The molecule has 0 spiro atoms. The normalized spacial score (nSPS) is 15.9. The van der Waals surface area contributed by atoms with Gasteiger partial charge in [-0.15, -0.1) is 0 Å². The third kappa shape index (κ3) is 9.86. The summed E-state index contributed by atoms with van der Waals surface area (Å²) in [6.07, 6.45) is 6.21. The van der Waals surface area contributed by atoms with E-state index in [1.807, 2.05) is 0 Å². The molecule has 0 unspecified atom stereocenters. The van der Waals surface area contributed by atoms with Gasteiger partial charge < -0.3 is 15.5 Å². The molecule has 2 amide bonds. The number of guanidine groups is 1. The number of hydroxylamine groups is 1. The number of hydrogen-bond donors (Lipinski definition) is 4. The highest BCUT2D eigenvalue weighted by Crippen LogP contribution is 2.04. The number of nitrogens with one attached hydrogen (secondary N) is 3. The molecule has 0 radical (unpaired) electrons. The fourth-order valence-electron chi connectivity index (χ4n) is 2.64. The lowest BCUT2D eigenvalue weighted by Gasteiger charge is -2.20. The van der Waals surface area contributed by atoms with Crippen molar-refractivity contribution in [3.63, 3.8) is 0 Å². The van der Waals surface area contributed by atoms with Gasteiger partial charge in [-0.2, -0.15) is 0 Å². The zero-order chi connectivity index (χ0) is 19.9. The molecule has 0 atom stereocenters. The molecule has 152 valence electrons. The van der Waals surface area contributed by atoms with Crippen LogP contribution in [0, 0.1) is 0 Å². The first-order chi connectivity index (χ1) is 13.1. The molecule has 1 fully saturated rings. The highest BCUT2D eigenvalue weighted by atomic mass is 16.5. The van der Waals surface area contributed by atoms with E-state index >= 15 is 0 Å². The van der Waals surface area contributed by atoms with Gasteiger partial charge in [0.1, 0.15) is 0 Å². The lowest BCUT2D eigenvalue weighted by molar-refractivity contribution is -0.129. The summed E-state index contributed by atoms with van der Waals surface area (Å²) in [7, 11) is 0. The van der Waals surface area contributed by atoms with Crippen LogP contribution < -0.4 is 16.1 Å². The van der Waals surface area contributed by atoms with Crippen LogP contribution in [0.3, 0.4) is 0 Å². The first-order valence-electron chi connectivity index (χ1n) is 9.46. The number of carbonyl (C=O) groups excluding carboxylic acids is 2. The zero-order valence-corrected chi connectivity index (χ0v) is 16.2. The molecule has 0 aromatic heterocycles. The second kappa shape index (κ2) is 13.9. The molecule has 1 aliphatic rings. The van der Waals surface area contributed by atoms with Crippen molar-refractivity contribution in [1.82, 2.24) is 21.0 Å². The van der Waals surface area contributed by atoms with E-state index in [1.54, 1.807) is 12.4 Å². The number of hydrogen-bond acceptors (Lipinski definition) is 5. The first-order valence-corrected chi connectivity index (χ1v) is 9.46. The predicted octanol–water partition coefficient (Wildman–Crippen LogP) is 0.814. The molecule has 1 aliphatic heterocycles. The van der Waals surface area contributed by atoms with E-state index in [2.05, 4.69) is 32.2 Å². The van der Waals surface area contributed by atoms with E-state index in [0.717, 1.165) is 58.3 Å². The van der Waals surface area contributed by atoms with Crippen LogP contribution in [0.25, 0.3) is 0 Å². The molecule has 0 aromatic carbocycles. The minimum Gasteiger partial charge on any atom is -0.352 e. The lowest BCUT2D eigenvalue weighted by Crippen LogP contribution is -2.33. The summed E-state index contributed by atoms with van der Waals surface area (Å²) in [5.74, 6) is 0.0200. The summed E-state index contributed by atoms with van der Waals surface area (Å²) in [4.78, 5) is 33.3. The number of nitrogens with zero attached hydrogens (tertiary/aromatic N) is 3. The summed E-state index contributed by atoms with van der Waals surface area (Å²) in [6, 6.07) is 0. The van der Waals surface area contributed by atoms with E-state index in [0.29, 0.717) is 24.5 Å². The van der Waals surface area contributed by atoms with Gasteiger partial charge in [-0.05, 0) is 39.4 Å². The van der Waals surface area contributed by atoms with Crippen LogP contribution in [0.2, 0.25) is 0 Å². The van der Waals surface area contributed by atoms with Crippen molar-refractivity contribution in [2.24, 2.45) is 9.98 Å². The van der Waals surface area contributed by atoms with Crippen molar-refractivity contribution >= 4 is 24.5 Å². The molecule has 9 heteroatoms. The smallest absolute Gasteiger partial charge is 0.248 e. The van der Waals surface area contributed by atoms with E-state index in [4.69, 9.17) is 5.21 Å². The summed E-state index contributed by atoms with van der Waals surface area (Å²) >= 11 is 0. The van der Waals surface area contributed by atoms with Crippen LogP contribution in [-0.4, -0.2) is 67.3 Å². The van der Waals surface area contributed by atoms with Crippen molar-refractivity contribution in [3.8, 4) is 0 Å². The van der Waals surface area contributed by atoms with Crippen molar-refractivity contribution in [2.75, 3.05) is 32.7 Å². The average molecular weight is 380 g/mol. The maximum atomic E-state index is 12.1. The zero-order valence-electron chi connectivity index (χ0n) is 16.2. The largest absolute Gasteiger partial charge is 0.352 e. The van der Waals surface area contributed by atoms with Gasteiger partial charge >= 0.3 is 0 Å². The van der Waals surface area contributed by atoms with Crippen LogP contribution in [0.5, 0.6) is 0 Å². The second-order valence-electron chi connectivity index (χ2n) is 6.45. The maximum absolute atomic E-state index is 12.1. The van der Waals surface area contributed by atoms with Gasteiger partial charge in [0, 0.05) is 44.4 Å². The highest BCUT2D eigenvalue weighted by Gasteiger charge is 2.12. The van der Waals surface area contributed by atoms with Gasteiger partial charge in [-0.1, -0.05) is 12.8 Å². The van der Waals surface area contributed by atoms with Gasteiger partial charge in [0.05, 0.1) is 0 Å². The summed E-state index contributed by atoms with van der Waals surface area (Å²) in [5.41, 5.74) is 2.13.